The molecule has 1 saturated heterocycles. The molecule has 1 aliphatic rings. The number of piperidine rings is 1. The van der Waals surface area contributed by atoms with E-state index in [-0.39, 0.29) is 5.78 Å². The summed E-state index contributed by atoms with van der Waals surface area (Å²) < 4.78 is 0. The van der Waals surface area contributed by atoms with Gasteiger partial charge in [-0.15, -0.1) is 0 Å². The number of nitrogens with zero attached hydrogens (tertiary/aromatic N) is 2. The summed E-state index contributed by atoms with van der Waals surface area (Å²) >= 11 is 0. The molecule has 1 aromatic rings. The highest BCUT2D eigenvalue weighted by molar-refractivity contribution is 5.92. The maximum absolute atomic E-state index is 11.2. The van der Waals surface area contributed by atoms with Gasteiger partial charge in [-0.25, -0.2) is 4.98 Å². The summed E-state index contributed by atoms with van der Waals surface area (Å²) in [4.78, 5) is 18.0. The highest BCUT2D eigenvalue weighted by atomic mass is 16.1. The number of hydrogen-bond acceptors (Lipinski definition) is 3. The molecule has 2 heterocycles. The average Bonchev–Trinajstić information content (AvgIpc) is 2.30. The first-order valence-corrected chi connectivity index (χ1v) is 5.95. The molecule has 0 N–H and O–H groups in total. The van der Waals surface area contributed by atoms with Gasteiger partial charge in [-0.3, -0.25) is 9.69 Å². The number of pyridine rings is 1. The Labute approximate surface area is 96.5 Å². The summed E-state index contributed by atoms with van der Waals surface area (Å²) in [5, 5.41) is 0. The predicted molar refractivity (Wildman–Crippen MR) is 63.4 cm³/mol. The topological polar surface area (TPSA) is 33.2 Å². The van der Waals surface area contributed by atoms with Crippen LogP contribution in [0.5, 0.6) is 0 Å². The molecule has 0 radical (unpaired) electrons. The van der Waals surface area contributed by atoms with Crippen molar-refractivity contribution in [3.05, 3.63) is 29.6 Å². The Bertz CT molecular complexity index is 370. The third-order valence-corrected chi connectivity index (χ3v) is 3.00. The van der Waals surface area contributed by atoms with Crippen molar-refractivity contribution in [1.82, 2.24) is 9.88 Å². The largest absolute Gasteiger partial charge is 0.298 e. The number of Topliss-reactive ketones (excluding diaryl/α,β-unsaturated/α-hetero) is 1. The van der Waals surface area contributed by atoms with Gasteiger partial charge in [0.25, 0.3) is 0 Å². The zero-order valence-electron chi connectivity index (χ0n) is 9.78. The minimum absolute atomic E-state index is 0.0421. The monoisotopic (exact) mass is 218 g/mol. The maximum Gasteiger partial charge on any atom is 0.178 e. The van der Waals surface area contributed by atoms with E-state index in [1.807, 2.05) is 12.1 Å². The van der Waals surface area contributed by atoms with Crippen LogP contribution in [0, 0.1) is 0 Å². The number of carbonyl (C=O) groups excluding carboxylic acids is 1. The smallest absolute Gasteiger partial charge is 0.178 e. The van der Waals surface area contributed by atoms with Gasteiger partial charge in [0.2, 0.25) is 0 Å². The minimum atomic E-state index is 0.0421. The number of carbonyl (C=O) groups is 1. The van der Waals surface area contributed by atoms with Gasteiger partial charge in [0.05, 0.1) is 5.69 Å². The lowest BCUT2D eigenvalue weighted by Gasteiger charge is -2.25. The van der Waals surface area contributed by atoms with Crippen LogP contribution < -0.4 is 0 Å². The fourth-order valence-corrected chi connectivity index (χ4v) is 2.11. The molecule has 86 valence electrons. The standard InChI is InChI=1S/C13H18N2O/c1-11(16)13-7-5-6-12(14-13)10-15-8-3-2-4-9-15/h5-7H,2-4,8-10H2,1H3. The summed E-state index contributed by atoms with van der Waals surface area (Å²) in [6, 6.07) is 5.70. The van der Waals surface area contributed by atoms with E-state index in [1.54, 1.807) is 13.0 Å². The van der Waals surface area contributed by atoms with Crippen LogP contribution in [-0.2, 0) is 6.54 Å². The van der Waals surface area contributed by atoms with Crippen LogP contribution in [-0.4, -0.2) is 28.8 Å². The lowest BCUT2D eigenvalue weighted by atomic mass is 10.1. The molecule has 1 fully saturated rings. The van der Waals surface area contributed by atoms with Gasteiger partial charge in [0, 0.05) is 13.5 Å². The number of aromatic nitrogens is 1. The van der Waals surface area contributed by atoms with Crippen molar-refractivity contribution >= 4 is 5.78 Å². The molecule has 0 saturated carbocycles. The number of likely N-dealkylation sites (tertiary alicyclic amines) is 1. The highest BCUT2D eigenvalue weighted by Gasteiger charge is 2.11. The lowest BCUT2D eigenvalue weighted by molar-refractivity contribution is 0.101. The van der Waals surface area contributed by atoms with Crippen LogP contribution in [0.25, 0.3) is 0 Å². The second-order valence-corrected chi connectivity index (χ2v) is 4.41. The lowest BCUT2D eigenvalue weighted by Crippen LogP contribution is -2.29. The predicted octanol–water partition coefficient (Wildman–Crippen LogP) is 2.27. The van der Waals surface area contributed by atoms with E-state index in [4.69, 9.17) is 0 Å². The summed E-state index contributed by atoms with van der Waals surface area (Å²) in [6.45, 7) is 4.76. The van der Waals surface area contributed by atoms with Crippen molar-refractivity contribution in [2.24, 2.45) is 0 Å². The van der Waals surface area contributed by atoms with Gasteiger partial charge >= 0.3 is 0 Å². The zero-order valence-corrected chi connectivity index (χ0v) is 9.78. The normalized spacial score (nSPS) is 17.3. The summed E-state index contributed by atoms with van der Waals surface area (Å²) in [5.74, 6) is 0.0421. The Morgan fingerprint density at radius 3 is 2.75 bits per heavy atom. The fourth-order valence-electron chi connectivity index (χ4n) is 2.11. The van der Waals surface area contributed by atoms with Gasteiger partial charge in [0.1, 0.15) is 5.69 Å². The molecular weight excluding hydrogens is 200 g/mol. The molecule has 1 aliphatic heterocycles. The Morgan fingerprint density at radius 1 is 1.31 bits per heavy atom. The molecule has 0 aromatic carbocycles. The van der Waals surface area contributed by atoms with E-state index in [0.29, 0.717) is 5.69 Å². The second kappa shape index (κ2) is 5.21. The minimum Gasteiger partial charge on any atom is -0.298 e. The molecule has 0 spiro atoms. The van der Waals surface area contributed by atoms with E-state index in [0.717, 1.165) is 25.3 Å². The van der Waals surface area contributed by atoms with Crippen molar-refractivity contribution in [3.8, 4) is 0 Å². The van der Waals surface area contributed by atoms with Crippen molar-refractivity contribution in [3.63, 3.8) is 0 Å². The molecular formula is C13H18N2O. The summed E-state index contributed by atoms with van der Waals surface area (Å²) in [5.41, 5.74) is 1.59. The Hall–Kier alpha value is -1.22. The first-order valence-electron chi connectivity index (χ1n) is 5.95. The van der Waals surface area contributed by atoms with Crippen LogP contribution in [0.1, 0.15) is 42.4 Å². The highest BCUT2D eigenvalue weighted by Crippen LogP contribution is 2.12. The van der Waals surface area contributed by atoms with E-state index >= 15 is 0 Å². The molecule has 2 rings (SSSR count). The molecule has 16 heavy (non-hydrogen) atoms. The van der Waals surface area contributed by atoms with E-state index in [1.165, 1.54) is 19.3 Å². The Balaban J connectivity index is 2.02. The molecule has 0 bridgehead atoms. The van der Waals surface area contributed by atoms with Crippen LogP contribution >= 0.6 is 0 Å². The third-order valence-electron chi connectivity index (χ3n) is 3.00. The second-order valence-electron chi connectivity index (χ2n) is 4.41. The first-order chi connectivity index (χ1) is 7.75. The Morgan fingerprint density at radius 2 is 2.06 bits per heavy atom. The molecule has 3 nitrogen and oxygen atoms in total. The molecule has 3 heteroatoms. The number of ketones is 1. The number of hydrogen-bond donors (Lipinski definition) is 0. The molecule has 0 atom stereocenters. The average molecular weight is 218 g/mol. The van der Waals surface area contributed by atoms with Crippen LogP contribution in [0.4, 0.5) is 0 Å². The van der Waals surface area contributed by atoms with E-state index < -0.39 is 0 Å². The van der Waals surface area contributed by atoms with Crippen molar-refractivity contribution < 1.29 is 4.79 Å². The molecule has 0 unspecified atom stereocenters. The SMILES string of the molecule is CC(=O)c1cccc(CN2CCCCC2)n1. The maximum atomic E-state index is 11.2. The van der Waals surface area contributed by atoms with E-state index in [2.05, 4.69) is 9.88 Å². The van der Waals surface area contributed by atoms with Crippen LogP contribution in [0.2, 0.25) is 0 Å². The number of rotatable bonds is 3. The molecule has 0 amide bonds. The van der Waals surface area contributed by atoms with Gasteiger partial charge in [0.15, 0.2) is 5.78 Å². The quantitative estimate of drug-likeness (QED) is 0.730. The van der Waals surface area contributed by atoms with Crippen LogP contribution in [0.15, 0.2) is 18.2 Å². The van der Waals surface area contributed by atoms with Crippen molar-refractivity contribution in [1.29, 1.82) is 0 Å². The van der Waals surface area contributed by atoms with Crippen molar-refractivity contribution in [2.45, 2.75) is 32.7 Å². The summed E-state index contributed by atoms with van der Waals surface area (Å²) in [6.07, 6.45) is 3.91. The van der Waals surface area contributed by atoms with Crippen LogP contribution in [0.3, 0.4) is 0 Å². The molecule has 0 aliphatic carbocycles. The molecule has 1 aromatic heterocycles. The third kappa shape index (κ3) is 2.89. The summed E-state index contributed by atoms with van der Waals surface area (Å²) in [7, 11) is 0. The van der Waals surface area contributed by atoms with Crippen molar-refractivity contribution in [2.75, 3.05) is 13.1 Å². The van der Waals surface area contributed by atoms with E-state index in [9.17, 15) is 4.79 Å². The van der Waals surface area contributed by atoms with Gasteiger partial charge < -0.3 is 0 Å². The van der Waals surface area contributed by atoms with Gasteiger partial charge in [-0.05, 0) is 38.1 Å². The van der Waals surface area contributed by atoms with Gasteiger partial charge in [-0.1, -0.05) is 12.5 Å². The Kier molecular flexibility index (Phi) is 3.67. The van der Waals surface area contributed by atoms with Gasteiger partial charge in [-0.2, -0.15) is 0 Å². The first kappa shape index (κ1) is 11.3. The fraction of sp³-hybridized carbons (Fsp3) is 0.538. The zero-order chi connectivity index (χ0) is 11.4.